The van der Waals surface area contributed by atoms with Gasteiger partial charge in [0.15, 0.2) is 5.76 Å². The molecule has 5 heteroatoms. The van der Waals surface area contributed by atoms with Crippen LogP contribution in [0.3, 0.4) is 0 Å². The van der Waals surface area contributed by atoms with Crippen molar-refractivity contribution >= 4 is 0 Å². The number of aromatic nitrogens is 4. The molecule has 0 aliphatic heterocycles. The Balaban J connectivity index is 1.66. The number of H-pyrrole nitrogens is 1. The largest absolute Gasteiger partial charge is 0.435 e. The molecule has 0 spiro atoms. The zero-order valence-corrected chi connectivity index (χ0v) is 11.6. The summed E-state index contributed by atoms with van der Waals surface area (Å²) < 4.78 is 5.78. The fourth-order valence-corrected chi connectivity index (χ4v) is 2.21. The minimum atomic E-state index is 0.508. The number of hydrogen-bond donors (Lipinski definition) is 1. The van der Waals surface area contributed by atoms with Gasteiger partial charge in [-0.2, -0.15) is 0 Å². The van der Waals surface area contributed by atoms with Crippen LogP contribution in [0, 0.1) is 0 Å². The third-order valence-electron chi connectivity index (χ3n) is 3.31. The van der Waals surface area contributed by atoms with Crippen molar-refractivity contribution in [3.63, 3.8) is 0 Å². The van der Waals surface area contributed by atoms with Crippen molar-refractivity contribution in [3.8, 4) is 34.3 Å². The zero-order valence-electron chi connectivity index (χ0n) is 11.6. The van der Waals surface area contributed by atoms with E-state index in [0.29, 0.717) is 11.7 Å². The number of rotatable bonds is 3. The van der Waals surface area contributed by atoms with Crippen LogP contribution in [0.1, 0.15) is 0 Å². The molecule has 0 fully saturated rings. The molecule has 1 N–H and O–H groups in total. The van der Waals surface area contributed by atoms with Crippen molar-refractivity contribution in [1.29, 1.82) is 0 Å². The van der Waals surface area contributed by atoms with Crippen LogP contribution in [-0.4, -0.2) is 19.9 Å². The summed E-state index contributed by atoms with van der Waals surface area (Å²) in [7, 11) is 0. The molecule has 0 aliphatic carbocycles. The molecule has 4 aromatic rings. The molecule has 0 unspecified atom stereocenters. The van der Waals surface area contributed by atoms with E-state index in [2.05, 4.69) is 19.9 Å². The highest BCUT2D eigenvalue weighted by atomic mass is 16.4. The predicted molar refractivity (Wildman–Crippen MR) is 82.8 cm³/mol. The summed E-state index contributed by atoms with van der Waals surface area (Å²) >= 11 is 0. The molecule has 0 saturated heterocycles. The van der Waals surface area contributed by atoms with E-state index in [1.165, 1.54) is 0 Å². The summed E-state index contributed by atoms with van der Waals surface area (Å²) in [6, 6.07) is 13.7. The molecule has 0 bridgehead atoms. The van der Waals surface area contributed by atoms with Crippen molar-refractivity contribution < 1.29 is 4.42 Å². The normalized spacial score (nSPS) is 10.7. The lowest BCUT2D eigenvalue weighted by Gasteiger charge is -1.95. The smallest absolute Gasteiger partial charge is 0.245 e. The standard InChI is InChI=1S/C17H12N4O/c1-2-5-12(6-3-1)16-19-10-14(21-16)17-20-11-15(22-17)13-7-4-8-18-9-13/h1-11H,(H,19,21). The fourth-order valence-electron chi connectivity index (χ4n) is 2.21. The van der Waals surface area contributed by atoms with Crippen LogP contribution in [0.2, 0.25) is 0 Å². The summed E-state index contributed by atoms with van der Waals surface area (Å²) in [5, 5.41) is 0. The lowest BCUT2D eigenvalue weighted by Crippen LogP contribution is -1.80. The van der Waals surface area contributed by atoms with Gasteiger partial charge in [0.1, 0.15) is 11.5 Å². The summed E-state index contributed by atoms with van der Waals surface area (Å²) in [6.45, 7) is 0. The van der Waals surface area contributed by atoms with Gasteiger partial charge in [0.25, 0.3) is 0 Å². The van der Waals surface area contributed by atoms with E-state index in [1.807, 2.05) is 42.5 Å². The Labute approximate surface area is 126 Å². The van der Waals surface area contributed by atoms with Crippen LogP contribution < -0.4 is 0 Å². The maximum absolute atomic E-state index is 5.78. The predicted octanol–water partition coefficient (Wildman–Crippen LogP) is 3.79. The quantitative estimate of drug-likeness (QED) is 0.622. The topological polar surface area (TPSA) is 67.6 Å². The van der Waals surface area contributed by atoms with Gasteiger partial charge in [-0.05, 0) is 12.1 Å². The molecule has 0 radical (unpaired) electrons. The lowest BCUT2D eigenvalue weighted by atomic mass is 10.2. The number of oxazole rings is 1. The summed E-state index contributed by atoms with van der Waals surface area (Å²) in [5.74, 6) is 1.98. The fraction of sp³-hybridized carbons (Fsp3) is 0. The van der Waals surface area contributed by atoms with Gasteiger partial charge in [0.2, 0.25) is 5.89 Å². The number of imidazole rings is 1. The Hall–Kier alpha value is -3.21. The Bertz CT molecular complexity index is 805. The second-order valence-corrected chi connectivity index (χ2v) is 4.78. The first-order valence-corrected chi connectivity index (χ1v) is 6.87. The van der Waals surface area contributed by atoms with Crippen LogP contribution >= 0.6 is 0 Å². The highest BCUT2D eigenvalue weighted by Crippen LogP contribution is 2.26. The SMILES string of the molecule is c1ccc(-c2ncc(-c3ncc(-c4cccnc4)o3)[nH]2)cc1. The van der Waals surface area contributed by atoms with Crippen molar-refractivity contribution in [2.75, 3.05) is 0 Å². The highest BCUT2D eigenvalue weighted by Gasteiger charge is 2.11. The highest BCUT2D eigenvalue weighted by molar-refractivity contribution is 5.61. The van der Waals surface area contributed by atoms with Crippen LogP contribution in [-0.2, 0) is 0 Å². The number of nitrogens with one attached hydrogen (secondary N) is 1. The number of hydrogen-bond acceptors (Lipinski definition) is 4. The summed E-state index contributed by atoms with van der Waals surface area (Å²) in [4.78, 5) is 16.0. The van der Waals surface area contributed by atoms with E-state index >= 15 is 0 Å². The second-order valence-electron chi connectivity index (χ2n) is 4.78. The molecule has 0 saturated carbocycles. The third kappa shape index (κ3) is 2.29. The molecule has 0 aliphatic rings. The molecule has 22 heavy (non-hydrogen) atoms. The molecule has 4 rings (SSSR count). The van der Waals surface area contributed by atoms with Gasteiger partial charge < -0.3 is 9.40 Å². The van der Waals surface area contributed by atoms with Crippen molar-refractivity contribution in [2.45, 2.75) is 0 Å². The molecule has 3 aromatic heterocycles. The monoisotopic (exact) mass is 288 g/mol. The van der Waals surface area contributed by atoms with Crippen LogP contribution in [0.4, 0.5) is 0 Å². The van der Waals surface area contributed by atoms with E-state index in [4.69, 9.17) is 4.42 Å². The minimum absolute atomic E-state index is 0.508. The van der Waals surface area contributed by atoms with E-state index < -0.39 is 0 Å². The maximum Gasteiger partial charge on any atom is 0.245 e. The number of aromatic amines is 1. The summed E-state index contributed by atoms with van der Waals surface area (Å²) in [6.07, 6.45) is 6.88. The first kappa shape index (κ1) is 12.5. The molecule has 106 valence electrons. The number of nitrogens with zero attached hydrogens (tertiary/aromatic N) is 3. The van der Waals surface area contributed by atoms with Crippen LogP contribution in [0.5, 0.6) is 0 Å². The number of benzene rings is 1. The van der Waals surface area contributed by atoms with Gasteiger partial charge in [0, 0.05) is 23.5 Å². The second kappa shape index (κ2) is 5.29. The van der Waals surface area contributed by atoms with Crippen molar-refractivity contribution in [3.05, 3.63) is 67.3 Å². The van der Waals surface area contributed by atoms with Crippen molar-refractivity contribution in [2.24, 2.45) is 0 Å². The molecule has 0 amide bonds. The Morgan fingerprint density at radius 2 is 1.68 bits per heavy atom. The van der Waals surface area contributed by atoms with E-state index in [1.54, 1.807) is 24.8 Å². The Kier molecular flexibility index (Phi) is 3.01. The van der Waals surface area contributed by atoms with Gasteiger partial charge in [-0.3, -0.25) is 4.98 Å². The van der Waals surface area contributed by atoms with Crippen molar-refractivity contribution in [1.82, 2.24) is 19.9 Å². The lowest BCUT2D eigenvalue weighted by molar-refractivity contribution is 0.586. The van der Waals surface area contributed by atoms with Gasteiger partial charge in [0.05, 0.1) is 12.4 Å². The molecular formula is C17H12N4O. The molecule has 1 aromatic carbocycles. The molecule has 5 nitrogen and oxygen atoms in total. The third-order valence-corrected chi connectivity index (χ3v) is 3.31. The molecule has 3 heterocycles. The van der Waals surface area contributed by atoms with E-state index in [0.717, 1.165) is 22.6 Å². The average molecular weight is 288 g/mol. The van der Waals surface area contributed by atoms with E-state index in [-0.39, 0.29) is 0 Å². The van der Waals surface area contributed by atoms with Crippen LogP contribution in [0.15, 0.2) is 71.7 Å². The molecular weight excluding hydrogens is 276 g/mol. The molecule has 0 atom stereocenters. The summed E-state index contributed by atoms with van der Waals surface area (Å²) in [5.41, 5.74) is 2.66. The maximum atomic E-state index is 5.78. The average Bonchev–Trinajstić information content (AvgIpc) is 3.26. The van der Waals surface area contributed by atoms with Gasteiger partial charge in [-0.1, -0.05) is 30.3 Å². The van der Waals surface area contributed by atoms with Gasteiger partial charge >= 0.3 is 0 Å². The zero-order chi connectivity index (χ0) is 14.8. The minimum Gasteiger partial charge on any atom is -0.435 e. The van der Waals surface area contributed by atoms with Gasteiger partial charge in [-0.25, -0.2) is 9.97 Å². The Morgan fingerprint density at radius 1 is 0.818 bits per heavy atom. The number of pyridine rings is 1. The Morgan fingerprint density at radius 3 is 2.50 bits per heavy atom. The van der Waals surface area contributed by atoms with Crippen LogP contribution in [0.25, 0.3) is 34.3 Å². The first-order chi connectivity index (χ1) is 10.9. The first-order valence-electron chi connectivity index (χ1n) is 6.87. The van der Waals surface area contributed by atoms with Gasteiger partial charge in [-0.15, -0.1) is 0 Å². The van der Waals surface area contributed by atoms with E-state index in [9.17, 15) is 0 Å².